The molecule has 1 aromatic carbocycles. The van der Waals surface area contributed by atoms with E-state index in [-0.39, 0.29) is 0 Å². The molecule has 2 aliphatic carbocycles. The highest BCUT2D eigenvalue weighted by molar-refractivity contribution is 6.08. The topological polar surface area (TPSA) is 78.2 Å². The molecule has 8 heteroatoms. The van der Waals surface area contributed by atoms with Crippen molar-refractivity contribution in [2.24, 2.45) is 7.05 Å². The van der Waals surface area contributed by atoms with E-state index < -0.39 is 0 Å². The van der Waals surface area contributed by atoms with Gasteiger partial charge in [-0.2, -0.15) is 0 Å². The first-order valence-corrected chi connectivity index (χ1v) is 25.2. The van der Waals surface area contributed by atoms with Gasteiger partial charge in [-0.05, 0) is 146 Å². The SMILES string of the molecule is CC.CC.CC.CC.CC.CC1=CCc2ccnc(C)c21.CC1=c2c(C)nccc2=CC1.Cc1ccc2ccnc(C)n12.Cc1ccn2ccnc(C)c12.Cc1nccc2c3ccccc3n(C)c12. The van der Waals surface area contributed by atoms with Crippen molar-refractivity contribution in [2.45, 2.75) is 144 Å². The van der Waals surface area contributed by atoms with Crippen LogP contribution in [0.4, 0.5) is 0 Å². The van der Waals surface area contributed by atoms with Crippen LogP contribution in [0.15, 0.2) is 116 Å². The molecule has 0 amide bonds. The fourth-order valence-corrected chi connectivity index (χ4v) is 8.52. The minimum Gasteiger partial charge on any atom is -0.342 e. The molecule has 0 saturated heterocycles. The first-order chi connectivity index (χ1) is 33.4. The Morgan fingerprint density at radius 3 is 1.72 bits per heavy atom. The summed E-state index contributed by atoms with van der Waals surface area (Å²) >= 11 is 0. The molecule has 8 heterocycles. The fourth-order valence-electron chi connectivity index (χ4n) is 8.52. The molecule has 0 spiro atoms. The number of aryl methyl sites for hydroxylation is 8. The van der Waals surface area contributed by atoms with E-state index in [0.29, 0.717) is 0 Å². The average molecular weight is 929 g/mol. The Morgan fingerprint density at radius 2 is 1.07 bits per heavy atom. The molecule has 368 valence electrons. The summed E-state index contributed by atoms with van der Waals surface area (Å²) in [5.41, 5.74) is 17.6. The van der Waals surface area contributed by atoms with Gasteiger partial charge in [-0.3, -0.25) is 19.9 Å². The third-order valence-electron chi connectivity index (χ3n) is 11.4. The second-order valence-electron chi connectivity index (χ2n) is 15.4. The highest BCUT2D eigenvalue weighted by Gasteiger charge is 2.12. The highest BCUT2D eigenvalue weighted by Crippen LogP contribution is 2.29. The summed E-state index contributed by atoms with van der Waals surface area (Å²) in [7, 11) is 2.10. The Kier molecular flexibility index (Phi) is 25.4. The van der Waals surface area contributed by atoms with E-state index in [9.17, 15) is 0 Å². The molecule has 0 saturated carbocycles. The van der Waals surface area contributed by atoms with Crippen LogP contribution >= 0.6 is 0 Å². The van der Waals surface area contributed by atoms with Crippen molar-refractivity contribution < 1.29 is 0 Å². The maximum Gasteiger partial charge on any atom is 0.110 e. The minimum atomic E-state index is 1.05. The molecular weight excluding hydrogens is 845 g/mol. The lowest BCUT2D eigenvalue weighted by Crippen LogP contribution is -2.26. The van der Waals surface area contributed by atoms with Crippen molar-refractivity contribution in [1.29, 1.82) is 0 Å². The largest absolute Gasteiger partial charge is 0.342 e. The highest BCUT2D eigenvalue weighted by atomic mass is 15.0. The number of fused-ring (bicyclic) bond motifs is 7. The summed E-state index contributed by atoms with van der Waals surface area (Å²) < 4.78 is 6.45. The Labute approximate surface area is 415 Å². The molecule has 69 heavy (non-hydrogen) atoms. The van der Waals surface area contributed by atoms with Crippen LogP contribution in [0.25, 0.3) is 50.1 Å². The molecule has 11 rings (SSSR count). The third kappa shape index (κ3) is 14.4. The second-order valence-corrected chi connectivity index (χ2v) is 15.4. The standard InChI is InChI=1S/C13H12N2.2C10H11N.2C9H10N2.5C2H6/c1-9-13-11(7-8-14-9)10-5-3-4-6-12(10)15(13)2;2*1-7-3-4-9-5-6-11-8(2)10(7)9;1-7-3-5-11-6-4-10-8(2)9(7)11;1-7-3-4-9-5-6-10-8(2)11(7)9;5*1-2/h3-8H,1-2H3;4-6H,3H2,1-2H3;3,5-6H,4H2,1-2H3;2*3-6H,1-2H3;5*1-2H3. The van der Waals surface area contributed by atoms with Gasteiger partial charge in [0, 0.05) is 100 Å². The zero-order chi connectivity index (χ0) is 51.8. The van der Waals surface area contributed by atoms with Crippen LogP contribution in [0.2, 0.25) is 0 Å². The number of para-hydroxylation sites is 1. The third-order valence-corrected chi connectivity index (χ3v) is 11.4. The molecule has 8 nitrogen and oxygen atoms in total. The molecule has 9 aromatic rings. The maximum absolute atomic E-state index is 4.34. The number of hydrogen-bond acceptors (Lipinski definition) is 5. The van der Waals surface area contributed by atoms with Crippen LogP contribution in [0.5, 0.6) is 0 Å². The van der Waals surface area contributed by atoms with Crippen LogP contribution in [-0.2, 0) is 13.5 Å². The molecule has 0 atom stereocenters. The molecule has 8 aromatic heterocycles. The van der Waals surface area contributed by atoms with Crippen molar-refractivity contribution >= 4 is 50.1 Å². The molecule has 0 radical (unpaired) electrons. The molecule has 0 N–H and O–H groups in total. The Hall–Kier alpha value is -6.67. The number of benzene rings is 1. The van der Waals surface area contributed by atoms with Crippen molar-refractivity contribution in [3.05, 3.63) is 178 Å². The Balaban J connectivity index is 0.000000284. The van der Waals surface area contributed by atoms with E-state index in [1.54, 1.807) is 0 Å². The molecular formula is C61H84N8. The molecule has 0 fully saturated rings. The van der Waals surface area contributed by atoms with Crippen LogP contribution in [-0.4, -0.2) is 38.3 Å². The van der Waals surface area contributed by atoms with Crippen molar-refractivity contribution in [2.75, 3.05) is 0 Å². The molecule has 0 bridgehead atoms. The van der Waals surface area contributed by atoms with Gasteiger partial charge >= 0.3 is 0 Å². The fraction of sp³-hybridized carbons (Fsp3) is 0.361. The van der Waals surface area contributed by atoms with Gasteiger partial charge in [0.25, 0.3) is 0 Å². The summed E-state index contributed by atoms with van der Waals surface area (Å²) in [4.78, 5) is 21.3. The lowest BCUT2D eigenvalue weighted by Gasteiger charge is -2.03. The van der Waals surface area contributed by atoms with E-state index in [1.165, 1.54) is 76.8 Å². The second kappa shape index (κ2) is 30.0. The summed E-state index contributed by atoms with van der Waals surface area (Å²) in [6.07, 6.45) is 20.0. The van der Waals surface area contributed by atoms with E-state index in [2.05, 4.69) is 173 Å². The zero-order valence-electron chi connectivity index (χ0n) is 46.0. The van der Waals surface area contributed by atoms with E-state index in [0.717, 1.165) is 41.4 Å². The van der Waals surface area contributed by atoms with Crippen molar-refractivity contribution in [1.82, 2.24) is 38.3 Å². The normalized spacial score (nSPS) is 11.0. The molecule has 2 aliphatic rings. The van der Waals surface area contributed by atoms with Crippen molar-refractivity contribution in [3.63, 3.8) is 0 Å². The van der Waals surface area contributed by atoms with E-state index >= 15 is 0 Å². The number of hydrogen-bond donors (Lipinski definition) is 0. The van der Waals surface area contributed by atoms with Gasteiger partial charge in [-0.15, -0.1) is 0 Å². The van der Waals surface area contributed by atoms with Gasteiger partial charge in [0.05, 0.1) is 22.4 Å². The van der Waals surface area contributed by atoms with E-state index in [1.807, 2.05) is 126 Å². The molecule has 0 unspecified atom stereocenters. The number of aromatic nitrogens is 8. The van der Waals surface area contributed by atoms with Crippen LogP contribution in [0.3, 0.4) is 0 Å². The predicted molar refractivity (Wildman–Crippen MR) is 302 cm³/mol. The maximum atomic E-state index is 4.34. The monoisotopic (exact) mass is 929 g/mol. The number of allylic oxidation sites excluding steroid dienone is 2. The summed E-state index contributed by atoms with van der Waals surface area (Å²) in [6, 6.07) is 23.1. The van der Waals surface area contributed by atoms with Crippen LogP contribution in [0.1, 0.15) is 140 Å². The minimum absolute atomic E-state index is 1.05. The lowest BCUT2D eigenvalue weighted by molar-refractivity contribution is 0.959. The number of rotatable bonds is 0. The van der Waals surface area contributed by atoms with Crippen LogP contribution < -0.4 is 10.4 Å². The summed E-state index contributed by atoms with van der Waals surface area (Å²) in [6.45, 7) is 38.8. The number of pyridine rings is 3. The summed E-state index contributed by atoms with van der Waals surface area (Å²) in [5.74, 6) is 1.05. The van der Waals surface area contributed by atoms with Gasteiger partial charge < -0.3 is 13.4 Å². The van der Waals surface area contributed by atoms with E-state index in [4.69, 9.17) is 0 Å². The van der Waals surface area contributed by atoms with Gasteiger partial charge in [0.15, 0.2) is 0 Å². The number of nitrogens with zero attached hydrogens (tertiary/aromatic N) is 8. The first kappa shape index (κ1) is 58.5. The van der Waals surface area contributed by atoms with Gasteiger partial charge in [0.2, 0.25) is 0 Å². The smallest absolute Gasteiger partial charge is 0.110 e. The molecule has 0 aliphatic heterocycles. The average Bonchev–Trinajstić information content (AvgIpc) is 4.23. The zero-order valence-corrected chi connectivity index (χ0v) is 46.0. The van der Waals surface area contributed by atoms with Gasteiger partial charge in [-0.25, -0.2) is 4.98 Å². The van der Waals surface area contributed by atoms with Gasteiger partial charge in [-0.1, -0.05) is 105 Å². The van der Waals surface area contributed by atoms with Crippen molar-refractivity contribution in [3.8, 4) is 0 Å². The Bertz CT molecular complexity index is 3040. The summed E-state index contributed by atoms with van der Waals surface area (Å²) in [5, 5.41) is 5.32. The Morgan fingerprint density at radius 1 is 0.478 bits per heavy atom. The lowest BCUT2D eigenvalue weighted by atomic mass is 10.1. The quantitative estimate of drug-likeness (QED) is 0.151. The first-order valence-electron chi connectivity index (χ1n) is 25.2. The van der Waals surface area contributed by atoms with Gasteiger partial charge in [0.1, 0.15) is 5.82 Å². The predicted octanol–water partition coefficient (Wildman–Crippen LogP) is 15.2. The van der Waals surface area contributed by atoms with Crippen LogP contribution in [0, 0.1) is 48.5 Å².